The summed E-state index contributed by atoms with van der Waals surface area (Å²) in [4.78, 5) is 2.55. The number of nitrogens with two attached hydrogens (primary N) is 1. The van der Waals surface area contributed by atoms with E-state index in [4.69, 9.17) is 15.2 Å². The normalized spacial score (nSPS) is 22.1. The molecule has 3 aromatic carbocycles. The SMILES string of the molecule is C=CCN(C[C@@H]1C[C@H](c2ccc(CO)cc2)O[C@H](c2ccc(-c3ccccc3CN)cc2)O1)C1CCCC1. The van der Waals surface area contributed by atoms with Crippen LogP contribution in [0.1, 0.15) is 66.8 Å². The zero-order valence-electron chi connectivity index (χ0n) is 22.2. The molecule has 0 unspecified atom stereocenters. The van der Waals surface area contributed by atoms with E-state index in [9.17, 15) is 5.11 Å². The first-order chi connectivity index (χ1) is 18.7. The summed E-state index contributed by atoms with van der Waals surface area (Å²) in [5.41, 5.74) is 12.4. The van der Waals surface area contributed by atoms with Crippen LogP contribution < -0.4 is 5.73 Å². The number of aliphatic hydroxyl groups excluding tert-OH is 1. The number of hydrogen-bond donors (Lipinski definition) is 2. The maximum atomic E-state index is 9.49. The van der Waals surface area contributed by atoms with Crippen LogP contribution in [0.25, 0.3) is 11.1 Å². The van der Waals surface area contributed by atoms with Gasteiger partial charge >= 0.3 is 0 Å². The van der Waals surface area contributed by atoms with Crippen LogP contribution in [0.2, 0.25) is 0 Å². The van der Waals surface area contributed by atoms with Crippen molar-refractivity contribution in [3.63, 3.8) is 0 Å². The minimum absolute atomic E-state index is 0.0365. The zero-order valence-corrected chi connectivity index (χ0v) is 22.2. The van der Waals surface area contributed by atoms with Crippen molar-refractivity contribution in [2.45, 2.75) is 69.8 Å². The van der Waals surface area contributed by atoms with Gasteiger partial charge in [0.05, 0.1) is 18.8 Å². The molecule has 1 aliphatic carbocycles. The molecule has 2 aliphatic rings. The molecule has 3 aromatic rings. The molecule has 1 heterocycles. The Morgan fingerprint density at radius 3 is 2.32 bits per heavy atom. The Hall–Kier alpha value is -2.80. The summed E-state index contributed by atoms with van der Waals surface area (Å²) in [6, 6.07) is 25.4. The van der Waals surface area contributed by atoms with Crippen molar-refractivity contribution in [1.29, 1.82) is 0 Å². The highest BCUT2D eigenvalue weighted by molar-refractivity contribution is 5.67. The largest absolute Gasteiger partial charge is 0.392 e. The van der Waals surface area contributed by atoms with Gasteiger partial charge in [0.1, 0.15) is 0 Å². The number of benzene rings is 3. The lowest BCUT2D eigenvalue weighted by atomic mass is 9.97. The van der Waals surface area contributed by atoms with Gasteiger partial charge in [0.25, 0.3) is 0 Å². The molecule has 1 aliphatic heterocycles. The summed E-state index contributed by atoms with van der Waals surface area (Å²) in [5, 5.41) is 9.49. The second kappa shape index (κ2) is 12.8. The molecule has 3 atom stereocenters. The first kappa shape index (κ1) is 26.8. The second-order valence-electron chi connectivity index (χ2n) is 10.5. The van der Waals surface area contributed by atoms with Crippen LogP contribution in [0.5, 0.6) is 0 Å². The molecule has 1 saturated heterocycles. The summed E-state index contributed by atoms with van der Waals surface area (Å²) in [5.74, 6) is 0. The molecule has 2 fully saturated rings. The Bertz CT molecular complexity index is 1170. The summed E-state index contributed by atoms with van der Waals surface area (Å²) in [6.45, 7) is 6.30. The van der Waals surface area contributed by atoms with Crippen LogP contribution in [0.4, 0.5) is 0 Å². The third-order valence-electron chi connectivity index (χ3n) is 7.99. The molecule has 0 spiro atoms. The van der Waals surface area contributed by atoms with Crippen molar-refractivity contribution in [3.8, 4) is 11.1 Å². The van der Waals surface area contributed by atoms with E-state index in [1.807, 2.05) is 30.3 Å². The Morgan fingerprint density at radius 2 is 1.63 bits per heavy atom. The molecular formula is C33H40N2O3. The molecule has 0 amide bonds. The van der Waals surface area contributed by atoms with E-state index in [1.165, 1.54) is 25.7 Å². The molecule has 5 nitrogen and oxygen atoms in total. The number of nitrogens with zero attached hydrogens (tertiary/aromatic N) is 1. The van der Waals surface area contributed by atoms with E-state index < -0.39 is 6.29 Å². The predicted octanol–water partition coefficient (Wildman–Crippen LogP) is 6.28. The van der Waals surface area contributed by atoms with Gasteiger partial charge in [-0.25, -0.2) is 0 Å². The van der Waals surface area contributed by atoms with E-state index >= 15 is 0 Å². The fraction of sp³-hybridized carbons (Fsp3) is 0.394. The number of ether oxygens (including phenoxy) is 2. The van der Waals surface area contributed by atoms with Crippen molar-refractivity contribution >= 4 is 0 Å². The molecule has 5 heteroatoms. The highest BCUT2D eigenvalue weighted by Crippen LogP contribution is 2.39. The molecule has 0 radical (unpaired) electrons. The van der Waals surface area contributed by atoms with Gasteiger partial charge in [0, 0.05) is 37.7 Å². The smallest absolute Gasteiger partial charge is 0.184 e. The van der Waals surface area contributed by atoms with Crippen LogP contribution in [0.15, 0.2) is 85.5 Å². The fourth-order valence-electron chi connectivity index (χ4n) is 5.90. The second-order valence-corrected chi connectivity index (χ2v) is 10.5. The third-order valence-corrected chi connectivity index (χ3v) is 7.99. The lowest BCUT2D eigenvalue weighted by Gasteiger charge is -2.39. The van der Waals surface area contributed by atoms with E-state index in [0.717, 1.165) is 52.9 Å². The predicted molar refractivity (Wildman–Crippen MR) is 152 cm³/mol. The maximum absolute atomic E-state index is 9.49. The van der Waals surface area contributed by atoms with Gasteiger partial charge in [-0.1, -0.05) is 91.7 Å². The minimum atomic E-state index is -0.454. The summed E-state index contributed by atoms with van der Waals surface area (Å²) in [7, 11) is 0. The van der Waals surface area contributed by atoms with Crippen molar-refractivity contribution in [2.24, 2.45) is 5.73 Å². The molecule has 0 bridgehead atoms. The van der Waals surface area contributed by atoms with Crippen LogP contribution in [0.3, 0.4) is 0 Å². The van der Waals surface area contributed by atoms with Crippen molar-refractivity contribution in [1.82, 2.24) is 4.90 Å². The first-order valence-corrected chi connectivity index (χ1v) is 13.9. The molecule has 38 heavy (non-hydrogen) atoms. The first-order valence-electron chi connectivity index (χ1n) is 13.9. The van der Waals surface area contributed by atoms with Gasteiger partial charge < -0.3 is 20.3 Å². The highest BCUT2D eigenvalue weighted by Gasteiger charge is 2.34. The summed E-state index contributed by atoms with van der Waals surface area (Å²) >= 11 is 0. The minimum Gasteiger partial charge on any atom is -0.392 e. The Balaban J connectivity index is 1.39. The Kier molecular flexibility index (Phi) is 9.05. The number of hydrogen-bond acceptors (Lipinski definition) is 5. The van der Waals surface area contributed by atoms with Gasteiger partial charge in [0.2, 0.25) is 0 Å². The van der Waals surface area contributed by atoms with Gasteiger partial charge in [-0.05, 0) is 40.7 Å². The molecule has 200 valence electrons. The standard InChI is InChI=1S/C33H40N2O3/c1-2-19-35(29-8-4-5-9-29)22-30-20-32(26-13-11-24(23-36)12-14-26)38-33(37-30)27-17-15-25(16-18-27)31-10-6-3-7-28(31)21-34/h2-3,6-7,10-18,29-30,32-33,36H,1,4-5,8-9,19-23,34H2/t30-,32+,33+/m0/s1. The van der Waals surface area contributed by atoms with Crippen LogP contribution in [-0.2, 0) is 22.6 Å². The lowest BCUT2D eigenvalue weighted by Crippen LogP contribution is -2.43. The van der Waals surface area contributed by atoms with E-state index in [-0.39, 0.29) is 18.8 Å². The van der Waals surface area contributed by atoms with E-state index in [2.05, 4.69) is 60.0 Å². The topological polar surface area (TPSA) is 68.0 Å². The maximum Gasteiger partial charge on any atom is 0.184 e. The van der Waals surface area contributed by atoms with Gasteiger partial charge in [0.15, 0.2) is 6.29 Å². The van der Waals surface area contributed by atoms with E-state index in [1.54, 1.807) is 0 Å². The molecule has 0 aromatic heterocycles. The van der Waals surface area contributed by atoms with E-state index in [0.29, 0.717) is 12.6 Å². The average molecular weight is 513 g/mol. The van der Waals surface area contributed by atoms with Crippen molar-refractivity contribution in [2.75, 3.05) is 13.1 Å². The number of rotatable bonds is 10. The van der Waals surface area contributed by atoms with Crippen molar-refractivity contribution in [3.05, 3.63) is 108 Å². The summed E-state index contributed by atoms with van der Waals surface area (Å²) < 4.78 is 13.2. The van der Waals surface area contributed by atoms with Gasteiger partial charge in [-0.2, -0.15) is 0 Å². The monoisotopic (exact) mass is 512 g/mol. The fourth-order valence-corrected chi connectivity index (χ4v) is 5.90. The van der Waals surface area contributed by atoms with Gasteiger partial charge in [-0.15, -0.1) is 6.58 Å². The van der Waals surface area contributed by atoms with Crippen molar-refractivity contribution < 1.29 is 14.6 Å². The Labute approximate surface area is 226 Å². The van der Waals surface area contributed by atoms with Crippen LogP contribution in [-0.4, -0.2) is 35.2 Å². The number of aliphatic hydroxyl groups is 1. The van der Waals surface area contributed by atoms with Gasteiger partial charge in [-0.3, -0.25) is 4.90 Å². The molecular weight excluding hydrogens is 472 g/mol. The molecule has 1 saturated carbocycles. The Morgan fingerprint density at radius 1 is 0.921 bits per heavy atom. The quantitative estimate of drug-likeness (QED) is 0.313. The van der Waals surface area contributed by atoms with Crippen LogP contribution in [0, 0.1) is 0 Å². The molecule has 5 rings (SSSR count). The molecule has 3 N–H and O–H groups in total. The average Bonchev–Trinajstić information content (AvgIpc) is 3.52. The zero-order chi connectivity index (χ0) is 26.3. The van der Waals surface area contributed by atoms with Crippen LogP contribution >= 0.6 is 0 Å². The summed E-state index contributed by atoms with van der Waals surface area (Å²) in [6.07, 6.45) is 7.40. The highest BCUT2D eigenvalue weighted by atomic mass is 16.7. The lowest BCUT2D eigenvalue weighted by molar-refractivity contribution is -0.253. The third kappa shape index (κ3) is 6.25.